The van der Waals surface area contributed by atoms with E-state index < -0.39 is 0 Å². The minimum atomic E-state index is -0.241. The van der Waals surface area contributed by atoms with Gasteiger partial charge in [-0.1, -0.05) is 15.9 Å². The summed E-state index contributed by atoms with van der Waals surface area (Å²) >= 11 is 3.33. The minimum absolute atomic E-state index is 0.101. The topological polar surface area (TPSA) is 35.6 Å². The van der Waals surface area contributed by atoms with Crippen LogP contribution >= 0.6 is 15.9 Å². The number of carbonyl (C=O) groups is 1. The minimum Gasteiger partial charge on any atom is -0.339 e. The highest BCUT2D eigenvalue weighted by Crippen LogP contribution is 2.16. The third kappa shape index (κ3) is 4.26. The van der Waals surface area contributed by atoms with E-state index in [0.717, 1.165) is 30.7 Å². The Balaban J connectivity index is 1.89. The highest BCUT2D eigenvalue weighted by molar-refractivity contribution is 9.10. The maximum absolute atomic E-state index is 13.7. The summed E-state index contributed by atoms with van der Waals surface area (Å²) in [5, 5.41) is 3.21. The van der Waals surface area contributed by atoms with Crippen molar-refractivity contribution in [2.24, 2.45) is 0 Å². The zero-order chi connectivity index (χ0) is 14.5. The summed E-state index contributed by atoms with van der Waals surface area (Å²) in [6.45, 7) is 3.91. The van der Waals surface area contributed by atoms with E-state index >= 15 is 0 Å². The number of amides is 1. The number of nitrogens with one attached hydrogen (secondary N) is 1. The summed E-state index contributed by atoms with van der Waals surface area (Å²) in [5.41, 5.74) is 0.593. The molecule has 0 saturated carbocycles. The van der Waals surface area contributed by atoms with E-state index in [-0.39, 0.29) is 11.7 Å². The number of halogens is 2. The van der Waals surface area contributed by atoms with Gasteiger partial charge in [0.2, 0.25) is 5.91 Å². The lowest BCUT2D eigenvalue weighted by atomic mass is 10.2. The zero-order valence-corrected chi connectivity index (χ0v) is 13.1. The third-order valence-corrected chi connectivity index (χ3v) is 3.82. The van der Waals surface area contributed by atoms with Crippen molar-refractivity contribution in [2.45, 2.75) is 6.54 Å². The van der Waals surface area contributed by atoms with Crippen molar-refractivity contribution < 1.29 is 9.18 Å². The number of nitrogens with zero attached hydrogens (tertiary/aromatic N) is 2. The van der Waals surface area contributed by atoms with E-state index in [0.29, 0.717) is 18.7 Å². The quantitative estimate of drug-likeness (QED) is 0.898. The molecule has 1 aromatic rings. The lowest BCUT2D eigenvalue weighted by Crippen LogP contribution is -2.49. The Hall–Kier alpha value is -0.980. The lowest BCUT2D eigenvalue weighted by molar-refractivity contribution is -0.132. The second kappa shape index (κ2) is 7.15. The Kier molecular flexibility index (Phi) is 5.51. The molecule has 110 valence electrons. The third-order valence-electron chi connectivity index (χ3n) is 3.32. The van der Waals surface area contributed by atoms with Gasteiger partial charge in [-0.15, -0.1) is 0 Å². The fourth-order valence-corrected chi connectivity index (χ4v) is 2.66. The fourth-order valence-electron chi connectivity index (χ4n) is 2.26. The first-order valence-electron chi connectivity index (χ1n) is 6.67. The van der Waals surface area contributed by atoms with Crippen LogP contribution in [-0.4, -0.2) is 55.5 Å². The Bertz CT molecular complexity index is 477. The van der Waals surface area contributed by atoms with Gasteiger partial charge in [0.05, 0.1) is 6.54 Å². The van der Waals surface area contributed by atoms with Crippen LogP contribution < -0.4 is 5.32 Å². The monoisotopic (exact) mass is 343 g/mol. The van der Waals surface area contributed by atoms with Gasteiger partial charge in [-0.25, -0.2) is 4.39 Å². The van der Waals surface area contributed by atoms with Gasteiger partial charge < -0.3 is 10.2 Å². The molecule has 1 N–H and O–H groups in total. The van der Waals surface area contributed by atoms with Crippen molar-refractivity contribution in [3.8, 4) is 0 Å². The first-order valence-corrected chi connectivity index (χ1v) is 7.46. The molecular weight excluding hydrogens is 325 g/mol. The van der Waals surface area contributed by atoms with Crippen LogP contribution in [0.3, 0.4) is 0 Å². The average Bonchev–Trinajstić information content (AvgIpc) is 2.43. The van der Waals surface area contributed by atoms with Gasteiger partial charge >= 0.3 is 0 Å². The van der Waals surface area contributed by atoms with Crippen molar-refractivity contribution in [1.29, 1.82) is 0 Å². The molecule has 1 aliphatic rings. The molecule has 0 radical (unpaired) electrons. The number of carbonyl (C=O) groups excluding carboxylic acids is 1. The predicted molar refractivity (Wildman–Crippen MR) is 79.9 cm³/mol. The molecule has 1 saturated heterocycles. The van der Waals surface area contributed by atoms with E-state index in [4.69, 9.17) is 0 Å². The summed E-state index contributed by atoms with van der Waals surface area (Å²) in [5.74, 6) is -0.140. The van der Waals surface area contributed by atoms with Crippen LogP contribution in [0.4, 0.5) is 4.39 Å². The Morgan fingerprint density at radius 2 is 2.15 bits per heavy atom. The van der Waals surface area contributed by atoms with E-state index in [2.05, 4.69) is 21.2 Å². The molecule has 1 heterocycles. The van der Waals surface area contributed by atoms with Crippen LogP contribution in [0.5, 0.6) is 0 Å². The second-order valence-electron chi connectivity index (χ2n) is 5.04. The van der Waals surface area contributed by atoms with Gasteiger partial charge in [0.25, 0.3) is 0 Å². The van der Waals surface area contributed by atoms with E-state index in [1.165, 1.54) is 6.07 Å². The van der Waals surface area contributed by atoms with Crippen LogP contribution in [0.25, 0.3) is 0 Å². The summed E-state index contributed by atoms with van der Waals surface area (Å²) in [4.78, 5) is 15.8. The fraction of sp³-hybridized carbons (Fsp3) is 0.500. The highest BCUT2D eigenvalue weighted by Gasteiger charge is 2.18. The van der Waals surface area contributed by atoms with Crippen LogP contribution in [0.15, 0.2) is 22.7 Å². The molecule has 0 atom stereocenters. The van der Waals surface area contributed by atoms with Crippen LogP contribution in [0, 0.1) is 5.82 Å². The molecule has 0 spiro atoms. The Morgan fingerprint density at radius 1 is 1.45 bits per heavy atom. The molecule has 0 aliphatic carbocycles. The maximum atomic E-state index is 13.7. The van der Waals surface area contributed by atoms with Gasteiger partial charge in [-0.05, 0) is 25.2 Å². The molecule has 0 aromatic heterocycles. The lowest BCUT2D eigenvalue weighted by Gasteiger charge is -2.29. The standard InChI is InChI=1S/C14H19BrFN3O/c1-18(9-11-8-12(15)2-3-13(11)16)10-14(20)19-6-4-17-5-7-19/h2-3,8,17H,4-7,9-10H2,1H3. The largest absolute Gasteiger partial charge is 0.339 e. The molecule has 0 bridgehead atoms. The van der Waals surface area contributed by atoms with Gasteiger partial charge in [0, 0.05) is 42.8 Å². The van der Waals surface area contributed by atoms with Gasteiger partial charge in [-0.3, -0.25) is 9.69 Å². The van der Waals surface area contributed by atoms with Crippen molar-refractivity contribution in [2.75, 3.05) is 39.8 Å². The summed E-state index contributed by atoms with van der Waals surface area (Å²) in [6, 6.07) is 4.86. The SMILES string of the molecule is CN(CC(=O)N1CCNCC1)Cc1cc(Br)ccc1F. The summed E-state index contributed by atoms with van der Waals surface area (Å²) in [6.07, 6.45) is 0. The molecule has 2 rings (SSSR count). The first-order chi connectivity index (χ1) is 9.56. The van der Waals surface area contributed by atoms with Gasteiger partial charge in [-0.2, -0.15) is 0 Å². The van der Waals surface area contributed by atoms with E-state index in [1.54, 1.807) is 12.1 Å². The normalized spacial score (nSPS) is 15.7. The number of hydrogen-bond acceptors (Lipinski definition) is 3. The summed E-state index contributed by atoms with van der Waals surface area (Å²) < 4.78 is 14.5. The molecule has 0 unspecified atom stereocenters. The van der Waals surface area contributed by atoms with Crippen molar-refractivity contribution in [3.05, 3.63) is 34.1 Å². The molecule has 1 aliphatic heterocycles. The Labute approximate surface area is 127 Å². The number of rotatable bonds is 4. The first kappa shape index (κ1) is 15.4. The molecule has 4 nitrogen and oxygen atoms in total. The smallest absolute Gasteiger partial charge is 0.236 e. The van der Waals surface area contributed by atoms with E-state index in [9.17, 15) is 9.18 Å². The van der Waals surface area contributed by atoms with Crippen LogP contribution in [0.1, 0.15) is 5.56 Å². The molecule has 1 aromatic carbocycles. The number of benzene rings is 1. The summed E-state index contributed by atoms with van der Waals surface area (Å²) in [7, 11) is 1.83. The average molecular weight is 344 g/mol. The number of piperazine rings is 1. The molecule has 20 heavy (non-hydrogen) atoms. The van der Waals surface area contributed by atoms with Crippen molar-refractivity contribution in [3.63, 3.8) is 0 Å². The van der Waals surface area contributed by atoms with Gasteiger partial charge in [0.1, 0.15) is 5.82 Å². The molecular formula is C14H19BrFN3O. The van der Waals surface area contributed by atoms with Crippen molar-refractivity contribution >= 4 is 21.8 Å². The van der Waals surface area contributed by atoms with Crippen LogP contribution in [0.2, 0.25) is 0 Å². The van der Waals surface area contributed by atoms with Crippen molar-refractivity contribution in [1.82, 2.24) is 15.1 Å². The molecule has 6 heteroatoms. The van der Waals surface area contributed by atoms with Gasteiger partial charge in [0.15, 0.2) is 0 Å². The predicted octanol–water partition coefficient (Wildman–Crippen LogP) is 1.45. The second-order valence-corrected chi connectivity index (χ2v) is 5.95. The highest BCUT2D eigenvalue weighted by atomic mass is 79.9. The van der Waals surface area contributed by atoms with E-state index in [1.807, 2.05) is 16.8 Å². The maximum Gasteiger partial charge on any atom is 0.236 e. The number of hydrogen-bond donors (Lipinski definition) is 1. The Morgan fingerprint density at radius 3 is 2.85 bits per heavy atom. The van der Waals surface area contributed by atoms with Crippen LogP contribution in [-0.2, 0) is 11.3 Å². The molecule has 1 amide bonds. The zero-order valence-electron chi connectivity index (χ0n) is 11.5. The molecule has 1 fully saturated rings. The number of likely N-dealkylation sites (N-methyl/N-ethyl adjacent to an activating group) is 1.